The number of anilines is 1. The lowest BCUT2D eigenvalue weighted by molar-refractivity contribution is -0.117. The lowest BCUT2D eigenvalue weighted by atomic mass is 10.1. The number of hydrogen-bond donors (Lipinski definition) is 1. The van der Waals surface area contributed by atoms with Crippen molar-refractivity contribution in [2.24, 2.45) is 0 Å². The molecule has 8 heteroatoms. The maximum atomic E-state index is 12.2. The molecule has 1 N–H and O–H groups in total. The topological polar surface area (TPSA) is 95.3 Å². The van der Waals surface area contributed by atoms with Gasteiger partial charge in [-0.2, -0.15) is 5.10 Å². The third-order valence-corrected chi connectivity index (χ3v) is 3.78. The first-order valence-electron chi connectivity index (χ1n) is 8.11. The van der Waals surface area contributed by atoms with Gasteiger partial charge in [0.15, 0.2) is 11.5 Å². The van der Waals surface area contributed by atoms with E-state index >= 15 is 0 Å². The van der Waals surface area contributed by atoms with Gasteiger partial charge in [-0.3, -0.25) is 14.6 Å². The fourth-order valence-corrected chi connectivity index (χ4v) is 2.48. The molecule has 0 spiro atoms. The van der Waals surface area contributed by atoms with Gasteiger partial charge in [0, 0.05) is 17.8 Å². The molecule has 0 aliphatic carbocycles. The summed E-state index contributed by atoms with van der Waals surface area (Å²) >= 11 is 0. The predicted octanol–water partition coefficient (Wildman–Crippen LogP) is 1.96. The van der Waals surface area contributed by atoms with Gasteiger partial charge < -0.3 is 14.8 Å². The number of rotatable bonds is 6. The summed E-state index contributed by atoms with van der Waals surface area (Å²) in [5, 5.41) is 6.96. The molecule has 2 aromatic heterocycles. The number of carbonyl (C=O) groups excluding carboxylic acids is 1. The van der Waals surface area contributed by atoms with Gasteiger partial charge in [0.05, 0.1) is 31.8 Å². The first kappa shape index (κ1) is 18.1. The number of amides is 1. The first-order valence-corrected chi connectivity index (χ1v) is 8.11. The number of carbonyl (C=O) groups is 1. The molecule has 27 heavy (non-hydrogen) atoms. The minimum Gasteiger partial charge on any atom is -0.493 e. The van der Waals surface area contributed by atoms with Crippen LogP contribution in [0.25, 0.3) is 11.3 Å². The van der Waals surface area contributed by atoms with Gasteiger partial charge in [0.2, 0.25) is 5.91 Å². The summed E-state index contributed by atoms with van der Waals surface area (Å²) in [7, 11) is 3.09. The van der Waals surface area contributed by atoms with Crippen LogP contribution in [-0.2, 0) is 11.3 Å². The van der Waals surface area contributed by atoms with E-state index in [9.17, 15) is 9.59 Å². The highest BCUT2D eigenvalue weighted by atomic mass is 16.5. The average molecular weight is 366 g/mol. The summed E-state index contributed by atoms with van der Waals surface area (Å²) in [6, 6.07) is 11.7. The second kappa shape index (κ2) is 8.13. The van der Waals surface area contributed by atoms with E-state index in [4.69, 9.17) is 9.47 Å². The number of benzene rings is 1. The van der Waals surface area contributed by atoms with Crippen LogP contribution in [0, 0.1) is 0 Å². The fraction of sp³-hybridized carbons (Fsp3) is 0.158. The number of aromatic nitrogens is 3. The van der Waals surface area contributed by atoms with Crippen molar-refractivity contribution in [3.8, 4) is 22.8 Å². The summed E-state index contributed by atoms with van der Waals surface area (Å²) in [6.45, 7) is -0.213. The minimum atomic E-state index is -0.374. The van der Waals surface area contributed by atoms with Gasteiger partial charge in [0.25, 0.3) is 5.56 Å². The largest absolute Gasteiger partial charge is 0.493 e. The lowest BCUT2D eigenvalue weighted by Gasteiger charge is -2.11. The van der Waals surface area contributed by atoms with Gasteiger partial charge >= 0.3 is 0 Å². The van der Waals surface area contributed by atoms with Crippen molar-refractivity contribution in [1.82, 2.24) is 14.8 Å². The Bertz CT molecular complexity index is 1000. The maximum Gasteiger partial charge on any atom is 0.267 e. The van der Waals surface area contributed by atoms with Gasteiger partial charge in [0.1, 0.15) is 6.54 Å². The molecule has 0 aliphatic rings. The van der Waals surface area contributed by atoms with Gasteiger partial charge in [-0.25, -0.2) is 4.68 Å². The number of hydrogen-bond acceptors (Lipinski definition) is 6. The molecule has 0 unspecified atom stereocenters. The molecule has 1 aromatic carbocycles. The molecular formula is C19H18N4O4. The molecule has 2 heterocycles. The van der Waals surface area contributed by atoms with Crippen molar-refractivity contribution in [2.75, 3.05) is 19.5 Å². The quantitative estimate of drug-likeness (QED) is 0.717. The molecule has 1 amide bonds. The third-order valence-electron chi connectivity index (χ3n) is 3.78. The number of nitrogens with zero attached hydrogens (tertiary/aromatic N) is 3. The Hall–Kier alpha value is -3.68. The van der Waals surface area contributed by atoms with Crippen LogP contribution in [0.3, 0.4) is 0 Å². The number of ether oxygens (including phenoxy) is 2. The van der Waals surface area contributed by atoms with Crippen LogP contribution in [0.4, 0.5) is 5.69 Å². The summed E-state index contributed by atoms with van der Waals surface area (Å²) in [5.41, 5.74) is 1.44. The molecule has 0 saturated carbocycles. The average Bonchev–Trinajstić information content (AvgIpc) is 2.69. The number of nitrogens with one attached hydrogen (secondary N) is 1. The highest BCUT2D eigenvalue weighted by molar-refractivity contribution is 5.90. The summed E-state index contributed by atoms with van der Waals surface area (Å²) in [5.74, 6) is 0.761. The summed E-state index contributed by atoms with van der Waals surface area (Å²) in [4.78, 5) is 28.2. The predicted molar refractivity (Wildman–Crippen MR) is 99.9 cm³/mol. The van der Waals surface area contributed by atoms with E-state index < -0.39 is 0 Å². The Morgan fingerprint density at radius 3 is 2.63 bits per heavy atom. The summed E-state index contributed by atoms with van der Waals surface area (Å²) in [6.07, 6.45) is 3.13. The molecular weight excluding hydrogens is 348 g/mol. The van der Waals surface area contributed by atoms with Crippen LogP contribution in [0.15, 0.2) is 59.7 Å². The second-order valence-electron chi connectivity index (χ2n) is 5.57. The minimum absolute atomic E-state index is 0.213. The zero-order valence-corrected chi connectivity index (χ0v) is 14.9. The molecule has 3 aromatic rings. The second-order valence-corrected chi connectivity index (χ2v) is 5.57. The van der Waals surface area contributed by atoms with Crippen LogP contribution in [-0.4, -0.2) is 34.9 Å². The van der Waals surface area contributed by atoms with E-state index in [0.717, 1.165) is 10.2 Å². The van der Waals surface area contributed by atoms with Crippen molar-refractivity contribution in [2.45, 2.75) is 6.54 Å². The zero-order valence-electron chi connectivity index (χ0n) is 14.9. The molecule has 8 nitrogen and oxygen atoms in total. The Balaban J connectivity index is 1.84. The van der Waals surface area contributed by atoms with Crippen molar-refractivity contribution >= 4 is 11.6 Å². The molecule has 0 aliphatic heterocycles. The highest BCUT2D eigenvalue weighted by Gasteiger charge is 2.11. The van der Waals surface area contributed by atoms with Crippen LogP contribution in [0.2, 0.25) is 0 Å². The van der Waals surface area contributed by atoms with Gasteiger partial charge in [-0.05, 0) is 36.4 Å². The SMILES string of the molecule is COc1ccc(-c2ccc(=O)n(CC(=O)Nc3cccnc3)n2)cc1OC. The van der Waals surface area contributed by atoms with Crippen LogP contribution < -0.4 is 20.3 Å². The Labute approximate surface area is 155 Å². The van der Waals surface area contributed by atoms with E-state index in [-0.39, 0.29) is 18.0 Å². The van der Waals surface area contributed by atoms with E-state index in [1.165, 1.54) is 12.3 Å². The molecule has 0 bridgehead atoms. The molecule has 0 fully saturated rings. The number of methoxy groups -OCH3 is 2. The monoisotopic (exact) mass is 366 g/mol. The first-order chi connectivity index (χ1) is 13.1. The smallest absolute Gasteiger partial charge is 0.267 e. The number of pyridine rings is 1. The van der Waals surface area contributed by atoms with Crippen molar-refractivity contribution in [1.29, 1.82) is 0 Å². The fourth-order valence-electron chi connectivity index (χ4n) is 2.48. The Morgan fingerprint density at radius 1 is 1.11 bits per heavy atom. The van der Waals surface area contributed by atoms with E-state index in [1.807, 2.05) is 0 Å². The van der Waals surface area contributed by atoms with Crippen LogP contribution in [0.5, 0.6) is 11.5 Å². The van der Waals surface area contributed by atoms with Crippen molar-refractivity contribution in [3.05, 3.63) is 65.2 Å². The highest BCUT2D eigenvalue weighted by Crippen LogP contribution is 2.31. The zero-order chi connectivity index (χ0) is 19.2. The normalized spacial score (nSPS) is 10.3. The van der Waals surface area contributed by atoms with E-state index in [1.54, 1.807) is 56.8 Å². The third kappa shape index (κ3) is 4.30. The van der Waals surface area contributed by atoms with E-state index in [2.05, 4.69) is 15.4 Å². The Kier molecular flexibility index (Phi) is 5.46. The van der Waals surface area contributed by atoms with Gasteiger partial charge in [-0.15, -0.1) is 0 Å². The maximum absolute atomic E-state index is 12.2. The molecule has 0 radical (unpaired) electrons. The molecule has 0 atom stereocenters. The molecule has 3 rings (SSSR count). The summed E-state index contributed by atoms with van der Waals surface area (Å²) < 4.78 is 11.6. The molecule has 138 valence electrons. The standard InChI is InChI=1S/C19H18N4O4/c1-26-16-7-5-13(10-17(16)27-2)15-6-8-19(25)23(22-15)12-18(24)21-14-4-3-9-20-11-14/h3-11H,12H2,1-2H3,(H,21,24). The van der Waals surface area contributed by atoms with Crippen LogP contribution >= 0.6 is 0 Å². The lowest BCUT2D eigenvalue weighted by Crippen LogP contribution is -2.29. The van der Waals surface area contributed by atoms with Crippen molar-refractivity contribution < 1.29 is 14.3 Å². The van der Waals surface area contributed by atoms with Crippen LogP contribution in [0.1, 0.15) is 0 Å². The van der Waals surface area contributed by atoms with Crippen molar-refractivity contribution in [3.63, 3.8) is 0 Å². The molecule has 0 saturated heterocycles. The van der Waals surface area contributed by atoms with E-state index in [0.29, 0.717) is 22.9 Å². The van der Waals surface area contributed by atoms with Gasteiger partial charge in [-0.1, -0.05) is 0 Å². The Morgan fingerprint density at radius 2 is 1.93 bits per heavy atom.